The Bertz CT molecular complexity index is 308. The molecule has 0 radical (unpaired) electrons. The van der Waals surface area contributed by atoms with Crippen LogP contribution >= 0.6 is 11.8 Å². The van der Waals surface area contributed by atoms with Crippen LogP contribution < -0.4 is 5.32 Å². The summed E-state index contributed by atoms with van der Waals surface area (Å²) < 4.78 is 0. The highest BCUT2D eigenvalue weighted by Crippen LogP contribution is 2.10. The zero-order chi connectivity index (χ0) is 11.8. The predicted molar refractivity (Wildman–Crippen MR) is 75.9 cm³/mol. The first-order chi connectivity index (χ1) is 7.74. The molecule has 1 unspecified atom stereocenters. The molecule has 1 rings (SSSR count). The minimum absolute atomic E-state index is 0.721. The van der Waals surface area contributed by atoms with Crippen LogP contribution in [0, 0.1) is 5.92 Å². The van der Waals surface area contributed by atoms with E-state index in [-0.39, 0.29) is 0 Å². The maximum Gasteiger partial charge on any atom is 0.0205 e. The van der Waals surface area contributed by atoms with Crippen LogP contribution in [-0.2, 0) is 0 Å². The lowest BCUT2D eigenvalue weighted by Crippen LogP contribution is -2.24. The predicted octanol–water partition coefficient (Wildman–Crippen LogP) is 3.29. The average Bonchev–Trinajstić information content (AvgIpc) is 2.30. The zero-order valence-corrected chi connectivity index (χ0v) is 11.0. The second-order valence-corrected chi connectivity index (χ2v) is 5.07. The van der Waals surface area contributed by atoms with Gasteiger partial charge in [-0.15, -0.1) is 0 Å². The van der Waals surface area contributed by atoms with Crippen LogP contribution in [0.15, 0.2) is 36.9 Å². The number of thioether (sulfide) groups is 1. The second kappa shape index (κ2) is 7.53. The molecule has 1 atom stereocenters. The Morgan fingerprint density at radius 2 is 2.06 bits per heavy atom. The van der Waals surface area contributed by atoms with Gasteiger partial charge in [-0.3, -0.25) is 0 Å². The number of hydrogen-bond donors (Lipinski definition) is 1. The summed E-state index contributed by atoms with van der Waals surface area (Å²) in [6.07, 6.45) is 2.15. The van der Waals surface area contributed by atoms with E-state index in [0.29, 0.717) is 0 Å². The Morgan fingerprint density at radius 3 is 2.69 bits per heavy atom. The molecule has 0 aliphatic carbocycles. The van der Waals surface area contributed by atoms with E-state index in [1.165, 1.54) is 11.3 Å². The van der Waals surface area contributed by atoms with Crippen molar-refractivity contribution >= 4 is 17.3 Å². The molecule has 1 nitrogen and oxygen atoms in total. The van der Waals surface area contributed by atoms with Crippen molar-refractivity contribution in [3.63, 3.8) is 0 Å². The maximum atomic E-state index is 4.10. The van der Waals surface area contributed by atoms with Crippen LogP contribution in [0.25, 0.3) is 5.57 Å². The Kier molecular flexibility index (Phi) is 6.27. The lowest BCUT2D eigenvalue weighted by Gasteiger charge is -2.12. The third kappa shape index (κ3) is 4.86. The molecule has 1 aromatic carbocycles. The van der Waals surface area contributed by atoms with Crippen LogP contribution in [0.3, 0.4) is 0 Å². The number of benzene rings is 1. The molecule has 16 heavy (non-hydrogen) atoms. The summed E-state index contributed by atoms with van der Waals surface area (Å²) in [6.45, 7) is 8.31. The number of hydrogen-bond acceptors (Lipinski definition) is 2. The van der Waals surface area contributed by atoms with Gasteiger partial charge in [-0.1, -0.05) is 43.8 Å². The normalized spacial score (nSPS) is 12.4. The molecule has 1 aromatic rings. The van der Waals surface area contributed by atoms with Crippen molar-refractivity contribution in [2.75, 3.05) is 25.1 Å². The molecule has 0 aromatic heterocycles. The Morgan fingerprint density at radius 1 is 1.38 bits per heavy atom. The third-order valence-corrected chi connectivity index (χ3v) is 3.37. The lowest BCUT2D eigenvalue weighted by molar-refractivity contribution is 0.588. The fourth-order valence-electron chi connectivity index (χ4n) is 1.59. The van der Waals surface area contributed by atoms with E-state index in [2.05, 4.69) is 49.3 Å². The number of nitrogens with one attached hydrogen (secondary N) is 1. The molecular formula is C14H21NS. The molecular weight excluding hydrogens is 214 g/mol. The zero-order valence-electron chi connectivity index (χ0n) is 10.2. The third-order valence-electron chi connectivity index (χ3n) is 2.46. The highest BCUT2D eigenvalue weighted by Gasteiger charge is 2.01. The van der Waals surface area contributed by atoms with Crippen molar-refractivity contribution in [1.29, 1.82) is 0 Å². The van der Waals surface area contributed by atoms with Gasteiger partial charge in [-0.05, 0) is 35.6 Å². The fraction of sp³-hybridized carbons (Fsp3) is 0.429. The molecule has 0 aliphatic heterocycles. The van der Waals surface area contributed by atoms with Gasteiger partial charge in [0, 0.05) is 6.54 Å². The van der Waals surface area contributed by atoms with E-state index in [9.17, 15) is 0 Å². The van der Waals surface area contributed by atoms with Crippen molar-refractivity contribution in [1.82, 2.24) is 5.32 Å². The second-order valence-electron chi connectivity index (χ2n) is 4.16. The first-order valence-corrected chi connectivity index (χ1v) is 7.06. The van der Waals surface area contributed by atoms with Crippen molar-refractivity contribution in [3.05, 3.63) is 42.5 Å². The lowest BCUT2D eigenvalue weighted by atomic mass is 10.1. The monoisotopic (exact) mass is 235 g/mol. The quantitative estimate of drug-likeness (QED) is 0.778. The summed E-state index contributed by atoms with van der Waals surface area (Å²) in [5.41, 5.74) is 2.39. The van der Waals surface area contributed by atoms with Gasteiger partial charge < -0.3 is 5.32 Å². The molecule has 0 saturated carbocycles. The minimum Gasteiger partial charge on any atom is -0.312 e. The summed E-state index contributed by atoms with van der Waals surface area (Å²) in [5.74, 6) is 1.93. The Hall–Kier alpha value is -0.730. The molecule has 0 bridgehead atoms. The van der Waals surface area contributed by atoms with Gasteiger partial charge in [-0.25, -0.2) is 0 Å². The van der Waals surface area contributed by atoms with Gasteiger partial charge in [0.2, 0.25) is 0 Å². The van der Waals surface area contributed by atoms with Crippen molar-refractivity contribution in [2.24, 2.45) is 5.92 Å². The molecule has 0 spiro atoms. The van der Waals surface area contributed by atoms with Crippen LogP contribution in [0.2, 0.25) is 0 Å². The minimum atomic E-state index is 0.721. The fourth-order valence-corrected chi connectivity index (χ4v) is 2.28. The van der Waals surface area contributed by atoms with Crippen LogP contribution in [-0.4, -0.2) is 25.1 Å². The molecule has 2 heteroatoms. The standard InChI is InChI=1S/C14H21NS/c1-12(11-16-3)9-15-10-13(2)14-7-5-4-6-8-14/h4-8,12,15H,2,9-11H2,1,3H3. The summed E-state index contributed by atoms with van der Waals surface area (Å²) in [7, 11) is 0. The van der Waals surface area contributed by atoms with Crippen LogP contribution in [0.5, 0.6) is 0 Å². The first-order valence-electron chi connectivity index (χ1n) is 5.67. The van der Waals surface area contributed by atoms with Crippen LogP contribution in [0.1, 0.15) is 12.5 Å². The topological polar surface area (TPSA) is 12.0 Å². The molecule has 0 amide bonds. The molecule has 0 saturated heterocycles. The summed E-state index contributed by atoms with van der Waals surface area (Å²) in [5, 5.41) is 3.46. The average molecular weight is 235 g/mol. The molecule has 0 aliphatic rings. The van der Waals surface area contributed by atoms with Crippen molar-refractivity contribution in [2.45, 2.75) is 6.92 Å². The summed E-state index contributed by atoms with van der Waals surface area (Å²) >= 11 is 1.90. The van der Waals surface area contributed by atoms with Gasteiger partial charge >= 0.3 is 0 Å². The smallest absolute Gasteiger partial charge is 0.0205 e. The molecule has 0 fully saturated rings. The van der Waals surface area contributed by atoms with E-state index in [0.717, 1.165) is 24.6 Å². The van der Waals surface area contributed by atoms with Gasteiger partial charge in [0.1, 0.15) is 0 Å². The largest absolute Gasteiger partial charge is 0.312 e. The van der Waals surface area contributed by atoms with E-state index >= 15 is 0 Å². The highest BCUT2D eigenvalue weighted by molar-refractivity contribution is 7.98. The molecule has 1 N–H and O–H groups in total. The molecule has 88 valence electrons. The van der Waals surface area contributed by atoms with Crippen molar-refractivity contribution in [3.8, 4) is 0 Å². The molecule has 0 heterocycles. The van der Waals surface area contributed by atoms with E-state index < -0.39 is 0 Å². The van der Waals surface area contributed by atoms with Gasteiger partial charge in [0.15, 0.2) is 0 Å². The van der Waals surface area contributed by atoms with Crippen LogP contribution in [0.4, 0.5) is 0 Å². The van der Waals surface area contributed by atoms with E-state index in [1.54, 1.807) is 0 Å². The number of rotatable bonds is 7. The maximum absolute atomic E-state index is 4.10. The van der Waals surface area contributed by atoms with Gasteiger partial charge in [0.25, 0.3) is 0 Å². The first kappa shape index (κ1) is 13.3. The van der Waals surface area contributed by atoms with E-state index in [4.69, 9.17) is 0 Å². The van der Waals surface area contributed by atoms with Gasteiger partial charge in [0.05, 0.1) is 0 Å². The SMILES string of the molecule is C=C(CNCC(C)CSC)c1ccccc1. The summed E-state index contributed by atoms with van der Waals surface area (Å²) in [6, 6.07) is 10.4. The highest BCUT2D eigenvalue weighted by atomic mass is 32.2. The Labute approximate surface area is 103 Å². The van der Waals surface area contributed by atoms with E-state index in [1.807, 2.05) is 17.8 Å². The van der Waals surface area contributed by atoms with Crippen molar-refractivity contribution < 1.29 is 0 Å². The summed E-state index contributed by atoms with van der Waals surface area (Å²) in [4.78, 5) is 0. The Balaban J connectivity index is 2.26. The van der Waals surface area contributed by atoms with Gasteiger partial charge in [-0.2, -0.15) is 11.8 Å².